The van der Waals surface area contributed by atoms with Crippen LogP contribution in [0.15, 0.2) is 71.4 Å². The van der Waals surface area contributed by atoms with Crippen molar-refractivity contribution in [2.75, 3.05) is 31.1 Å². The summed E-state index contributed by atoms with van der Waals surface area (Å²) in [5.74, 6) is 1.93. The summed E-state index contributed by atoms with van der Waals surface area (Å²) in [6, 6.07) is 19.6. The number of carbonyl (C=O) groups is 2. The maximum absolute atomic E-state index is 13.8. The maximum atomic E-state index is 13.8. The van der Waals surface area contributed by atoms with Crippen molar-refractivity contribution in [2.24, 2.45) is 22.7 Å². The lowest BCUT2D eigenvalue weighted by atomic mass is 9.76. The van der Waals surface area contributed by atoms with Crippen LogP contribution >= 0.6 is 0 Å². The van der Waals surface area contributed by atoms with Crippen molar-refractivity contribution in [1.82, 2.24) is 5.06 Å². The Morgan fingerprint density at radius 1 is 1.00 bits per heavy atom. The van der Waals surface area contributed by atoms with E-state index in [-0.39, 0.29) is 30.7 Å². The van der Waals surface area contributed by atoms with Gasteiger partial charge in [-0.25, -0.2) is 9.86 Å². The van der Waals surface area contributed by atoms with Crippen molar-refractivity contribution in [1.29, 1.82) is 0 Å². The van der Waals surface area contributed by atoms with E-state index in [9.17, 15) is 9.59 Å². The molecule has 0 aromatic heterocycles. The Balaban J connectivity index is 1.14. The number of aryl methyl sites for hydroxylation is 2. The molecule has 53 heavy (non-hydrogen) atoms. The SMILES string of the molecule is CCC(=O)Oc1ccc(CCN2OC/C(=C\c3cc4c5c(c3)CCCN5CCC4)OC2=Nc2ccccc2C(=O)OC2CC(C(C)C)CCC2C)cc1. The summed E-state index contributed by atoms with van der Waals surface area (Å²) >= 11 is 0. The molecule has 1 saturated heterocycles. The molecule has 0 spiro atoms. The lowest BCUT2D eigenvalue weighted by Crippen LogP contribution is -2.40. The highest BCUT2D eigenvalue weighted by molar-refractivity contribution is 5.96. The number of benzene rings is 3. The van der Waals surface area contributed by atoms with Gasteiger partial charge in [0.1, 0.15) is 24.2 Å². The van der Waals surface area contributed by atoms with Gasteiger partial charge in [0.25, 0.3) is 0 Å². The molecule has 9 heteroatoms. The maximum Gasteiger partial charge on any atom is 0.340 e. The third kappa shape index (κ3) is 8.78. The molecule has 7 rings (SSSR count). The summed E-state index contributed by atoms with van der Waals surface area (Å²) < 4.78 is 18.1. The minimum Gasteiger partial charge on any atom is -0.458 e. The van der Waals surface area contributed by atoms with Crippen LogP contribution in [0.4, 0.5) is 11.4 Å². The monoisotopic (exact) mass is 719 g/mol. The molecule has 3 aliphatic heterocycles. The van der Waals surface area contributed by atoms with Gasteiger partial charge in [-0.05, 0) is 134 Å². The number of nitrogens with zero attached hydrogens (tertiary/aromatic N) is 3. The fourth-order valence-electron chi connectivity index (χ4n) is 8.09. The minimum absolute atomic E-state index is 0.129. The average molecular weight is 720 g/mol. The van der Waals surface area contributed by atoms with Crippen LogP contribution in [-0.4, -0.2) is 55.4 Å². The summed E-state index contributed by atoms with van der Waals surface area (Å²) in [7, 11) is 0. The van der Waals surface area contributed by atoms with Crippen molar-refractivity contribution in [2.45, 2.75) is 91.6 Å². The summed E-state index contributed by atoms with van der Waals surface area (Å²) in [4.78, 5) is 39.4. The molecule has 2 fully saturated rings. The normalized spacial score (nSPS) is 22.8. The molecule has 4 aliphatic rings. The number of anilines is 1. The quantitative estimate of drug-likeness (QED) is 0.152. The highest BCUT2D eigenvalue weighted by atomic mass is 16.7. The van der Waals surface area contributed by atoms with E-state index < -0.39 is 0 Å². The number of amidine groups is 1. The van der Waals surface area contributed by atoms with E-state index in [1.165, 1.54) is 36.1 Å². The Morgan fingerprint density at radius 2 is 1.74 bits per heavy atom. The Morgan fingerprint density at radius 3 is 2.45 bits per heavy atom. The van der Waals surface area contributed by atoms with Gasteiger partial charge in [-0.3, -0.25) is 9.63 Å². The molecule has 3 aromatic carbocycles. The summed E-state index contributed by atoms with van der Waals surface area (Å²) in [5.41, 5.74) is 7.24. The Bertz CT molecular complexity index is 1820. The first-order valence-electron chi connectivity index (χ1n) is 19.6. The van der Waals surface area contributed by atoms with E-state index in [0.717, 1.165) is 49.9 Å². The number of hydrogen-bond acceptors (Lipinski definition) is 8. The van der Waals surface area contributed by atoms with E-state index in [4.69, 9.17) is 24.0 Å². The number of esters is 2. The third-order valence-electron chi connectivity index (χ3n) is 11.2. The van der Waals surface area contributed by atoms with Crippen LogP contribution in [0, 0.1) is 17.8 Å². The zero-order valence-electron chi connectivity index (χ0n) is 31.6. The Labute approximate surface area is 313 Å². The molecule has 3 atom stereocenters. The number of hydroxylamine groups is 2. The van der Waals surface area contributed by atoms with Gasteiger partial charge in [-0.15, -0.1) is 0 Å². The van der Waals surface area contributed by atoms with E-state index >= 15 is 0 Å². The predicted molar refractivity (Wildman–Crippen MR) is 207 cm³/mol. The van der Waals surface area contributed by atoms with E-state index in [2.05, 4.69) is 43.9 Å². The average Bonchev–Trinajstić information content (AvgIpc) is 3.16. The van der Waals surface area contributed by atoms with Crippen molar-refractivity contribution < 1.29 is 28.6 Å². The number of ether oxygens (including phenoxy) is 3. The second kappa shape index (κ2) is 16.6. The van der Waals surface area contributed by atoms with Gasteiger partial charge < -0.3 is 19.1 Å². The van der Waals surface area contributed by atoms with Crippen LogP contribution in [0.5, 0.6) is 5.75 Å². The Hall–Kier alpha value is -4.63. The van der Waals surface area contributed by atoms with Crippen LogP contribution in [0.1, 0.15) is 98.8 Å². The largest absolute Gasteiger partial charge is 0.458 e. The molecule has 3 aromatic rings. The number of para-hydroxylation sites is 1. The zero-order valence-corrected chi connectivity index (χ0v) is 31.6. The molecule has 9 nitrogen and oxygen atoms in total. The van der Waals surface area contributed by atoms with Gasteiger partial charge in [0.05, 0.1) is 17.8 Å². The standard InChI is InChI=1S/C44H53N3O6/c1-5-41(48)51-36-18-15-31(16-19-36)20-23-47-44(45-39-13-7-6-12-38(39)43(49)53-40-27-33(29(2)3)17-14-30(40)4)52-37(28-50-47)26-32-24-34-10-8-21-46-22-9-11-35(25-32)42(34)46/h6-7,12-13,15-16,18-19,24-26,29-30,33,40H,5,8-11,14,17,20-23,27-28H2,1-4H3/b37-26+,45-44?. The summed E-state index contributed by atoms with van der Waals surface area (Å²) in [6.45, 7) is 11.4. The molecule has 280 valence electrons. The van der Waals surface area contributed by atoms with E-state index in [0.29, 0.717) is 59.9 Å². The first-order chi connectivity index (χ1) is 25.7. The molecule has 0 N–H and O–H groups in total. The van der Waals surface area contributed by atoms with Crippen molar-refractivity contribution in [3.8, 4) is 5.75 Å². The van der Waals surface area contributed by atoms with E-state index in [1.807, 2.05) is 30.3 Å². The minimum atomic E-state index is -0.369. The molecule has 1 aliphatic carbocycles. The fourth-order valence-corrected chi connectivity index (χ4v) is 8.09. The number of aliphatic imine (C=N–C) groups is 1. The molecular weight excluding hydrogens is 666 g/mol. The molecule has 3 unspecified atom stereocenters. The van der Waals surface area contributed by atoms with Crippen LogP contribution in [0.3, 0.4) is 0 Å². The van der Waals surface area contributed by atoms with Gasteiger partial charge in [0.2, 0.25) is 0 Å². The molecule has 0 amide bonds. The van der Waals surface area contributed by atoms with Crippen molar-refractivity contribution in [3.63, 3.8) is 0 Å². The third-order valence-corrected chi connectivity index (χ3v) is 11.2. The second-order valence-corrected chi connectivity index (χ2v) is 15.3. The molecular formula is C44H53N3O6. The van der Waals surface area contributed by atoms with E-state index in [1.54, 1.807) is 30.2 Å². The molecule has 3 heterocycles. The van der Waals surface area contributed by atoms with Gasteiger partial charge in [-0.2, -0.15) is 4.99 Å². The molecule has 1 saturated carbocycles. The first kappa shape index (κ1) is 36.7. The lowest BCUT2D eigenvalue weighted by molar-refractivity contribution is -0.134. The van der Waals surface area contributed by atoms with Gasteiger partial charge in [0, 0.05) is 25.2 Å². The lowest BCUT2D eigenvalue weighted by Gasteiger charge is -2.37. The number of rotatable bonds is 10. The van der Waals surface area contributed by atoms with Crippen LogP contribution in [-0.2, 0) is 38.4 Å². The highest BCUT2D eigenvalue weighted by Gasteiger charge is 2.33. The van der Waals surface area contributed by atoms with Gasteiger partial charge in [0.15, 0.2) is 0 Å². The smallest absolute Gasteiger partial charge is 0.340 e. The predicted octanol–water partition coefficient (Wildman–Crippen LogP) is 8.85. The van der Waals surface area contributed by atoms with Crippen molar-refractivity contribution in [3.05, 3.63) is 94.2 Å². The van der Waals surface area contributed by atoms with Crippen LogP contribution in [0.25, 0.3) is 6.08 Å². The highest BCUT2D eigenvalue weighted by Crippen LogP contribution is 2.38. The van der Waals surface area contributed by atoms with Crippen molar-refractivity contribution >= 4 is 35.4 Å². The molecule has 0 radical (unpaired) electrons. The van der Waals surface area contributed by atoms with Gasteiger partial charge in [-0.1, -0.05) is 52.0 Å². The molecule has 0 bridgehead atoms. The summed E-state index contributed by atoms with van der Waals surface area (Å²) in [6.07, 6.45) is 10.5. The van der Waals surface area contributed by atoms with Gasteiger partial charge >= 0.3 is 18.0 Å². The number of carbonyl (C=O) groups excluding carboxylic acids is 2. The van der Waals surface area contributed by atoms with Crippen LogP contribution in [0.2, 0.25) is 0 Å². The van der Waals surface area contributed by atoms with Crippen LogP contribution < -0.4 is 9.64 Å². The number of hydrogen-bond donors (Lipinski definition) is 0. The summed E-state index contributed by atoms with van der Waals surface area (Å²) in [5, 5.41) is 1.66. The second-order valence-electron chi connectivity index (χ2n) is 15.3. The fraction of sp³-hybridized carbons (Fsp3) is 0.477. The topological polar surface area (TPSA) is 89.9 Å². The Kier molecular flexibility index (Phi) is 11.5. The zero-order chi connectivity index (χ0) is 36.9. The first-order valence-corrected chi connectivity index (χ1v) is 19.6.